The maximum atomic E-state index is 11.8. The number of amides is 2. The second-order valence-electron chi connectivity index (χ2n) is 4.44. The van der Waals surface area contributed by atoms with Crippen molar-refractivity contribution in [1.29, 1.82) is 0 Å². The van der Waals surface area contributed by atoms with Crippen LogP contribution >= 0.6 is 11.3 Å². The second kappa shape index (κ2) is 6.85. The minimum Gasteiger partial charge on any atom is -0.481 e. The van der Waals surface area contributed by atoms with Gasteiger partial charge in [-0.2, -0.15) is 0 Å². The van der Waals surface area contributed by atoms with Crippen molar-refractivity contribution in [3.63, 3.8) is 0 Å². The van der Waals surface area contributed by atoms with Crippen LogP contribution in [0.15, 0.2) is 30.5 Å². The molecule has 0 aliphatic rings. The smallest absolute Gasteiger partial charge is 0.319 e. The molecule has 2 amide bonds. The number of aromatic nitrogens is 1. The van der Waals surface area contributed by atoms with E-state index in [-0.39, 0.29) is 12.5 Å². The van der Waals surface area contributed by atoms with Gasteiger partial charge in [0.25, 0.3) is 0 Å². The van der Waals surface area contributed by atoms with Crippen molar-refractivity contribution in [2.75, 3.05) is 5.32 Å². The molecule has 3 N–H and O–H groups in total. The number of anilines is 1. The van der Waals surface area contributed by atoms with Crippen molar-refractivity contribution in [3.05, 3.63) is 45.9 Å². The first-order valence-corrected chi connectivity index (χ1v) is 7.11. The van der Waals surface area contributed by atoms with E-state index >= 15 is 0 Å². The summed E-state index contributed by atoms with van der Waals surface area (Å²) < 4.78 is 0. The van der Waals surface area contributed by atoms with Gasteiger partial charge in [-0.15, -0.1) is 11.3 Å². The Balaban J connectivity index is 1.88. The van der Waals surface area contributed by atoms with Crippen LogP contribution in [0.25, 0.3) is 0 Å². The van der Waals surface area contributed by atoms with Crippen LogP contribution in [-0.4, -0.2) is 22.1 Å². The van der Waals surface area contributed by atoms with Crippen LogP contribution in [0.4, 0.5) is 10.5 Å². The maximum absolute atomic E-state index is 11.8. The molecule has 2 rings (SSSR count). The van der Waals surface area contributed by atoms with Crippen molar-refractivity contribution < 1.29 is 14.7 Å². The minimum atomic E-state index is -0.907. The molecule has 0 bridgehead atoms. The SMILES string of the molecule is Cc1cnc(CNC(=O)Nc2cccc(CC(=O)O)c2)s1. The van der Waals surface area contributed by atoms with E-state index in [0.717, 1.165) is 9.88 Å². The lowest BCUT2D eigenvalue weighted by Crippen LogP contribution is -2.28. The summed E-state index contributed by atoms with van der Waals surface area (Å²) in [5.74, 6) is -0.907. The number of nitrogens with one attached hydrogen (secondary N) is 2. The highest BCUT2D eigenvalue weighted by Gasteiger charge is 2.06. The van der Waals surface area contributed by atoms with Gasteiger partial charge in [0, 0.05) is 16.8 Å². The minimum absolute atomic E-state index is 0.0739. The summed E-state index contributed by atoms with van der Waals surface area (Å²) in [7, 11) is 0. The first kappa shape index (κ1) is 15.0. The third kappa shape index (κ3) is 4.88. The Kier molecular flexibility index (Phi) is 4.89. The molecule has 1 aromatic carbocycles. The molecule has 0 spiro atoms. The molecule has 0 fully saturated rings. The number of carboxylic acid groups (broad SMARTS) is 1. The number of hydrogen-bond acceptors (Lipinski definition) is 4. The molecule has 0 atom stereocenters. The summed E-state index contributed by atoms with van der Waals surface area (Å²) >= 11 is 1.53. The molecule has 21 heavy (non-hydrogen) atoms. The molecule has 0 aliphatic carbocycles. The Labute approximate surface area is 125 Å². The molecule has 0 unspecified atom stereocenters. The standard InChI is InChI=1S/C14H15N3O3S/c1-9-7-15-12(21-9)8-16-14(20)17-11-4-2-3-10(5-11)6-13(18)19/h2-5,7H,6,8H2,1H3,(H,18,19)(H2,16,17,20). The zero-order valence-electron chi connectivity index (χ0n) is 11.4. The monoisotopic (exact) mass is 305 g/mol. The lowest BCUT2D eigenvalue weighted by molar-refractivity contribution is -0.136. The number of hydrogen-bond donors (Lipinski definition) is 3. The molecule has 0 saturated carbocycles. The van der Waals surface area contributed by atoms with Gasteiger partial charge in [0.2, 0.25) is 0 Å². The third-order valence-electron chi connectivity index (χ3n) is 2.61. The van der Waals surface area contributed by atoms with E-state index in [1.165, 1.54) is 11.3 Å². The van der Waals surface area contributed by atoms with Crippen molar-refractivity contribution in [3.8, 4) is 0 Å². The third-order valence-corrected chi connectivity index (χ3v) is 3.52. The quantitative estimate of drug-likeness (QED) is 0.791. The largest absolute Gasteiger partial charge is 0.481 e. The lowest BCUT2D eigenvalue weighted by Gasteiger charge is -2.07. The van der Waals surface area contributed by atoms with Gasteiger partial charge in [-0.05, 0) is 24.6 Å². The van der Waals surface area contributed by atoms with Crippen molar-refractivity contribution >= 4 is 29.0 Å². The fourth-order valence-corrected chi connectivity index (χ4v) is 2.47. The number of urea groups is 1. The molecule has 110 valence electrons. The molecule has 1 heterocycles. The van der Waals surface area contributed by atoms with Crippen LogP contribution in [0.1, 0.15) is 15.4 Å². The zero-order valence-corrected chi connectivity index (χ0v) is 12.2. The van der Waals surface area contributed by atoms with Crippen LogP contribution in [0.2, 0.25) is 0 Å². The van der Waals surface area contributed by atoms with E-state index in [1.807, 2.05) is 6.92 Å². The van der Waals surface area contributed by atoms with Crippen molar-refractivity contribution in [1.82, 2.24) is 10.3 Å². The highest BCUT2D eigenvalue weighted by Crippen LogP contribution is 2.12. The van der Waals surface area contributed by atoms with Gasteiger partial charge in [0.15, 0.2) is 0 Å². The molecule has 6 nitrogen and oxygen atoms in total. The molecule has 1 aromatic heterocycles. The molecular formula is C14H15N3O3S. The van der Waals surface area contributed by atoms with E-state index in [0.29, 0.717) is 17.8 Å². The molecule has 2 aromatic rings. The van der Waals surface area contributed by atoms with E-state index < -0.39 is 5.97 Å². The maximum Gasteiger partial charge on any atom is 0.319 e. The average Bonchev–Trinajstić information content (AvgIpc) is 2.82. The summed E-state index contributed by atoms with van der Waals surface area (Å²) in [6.07, 6.45) is 1.69. The van der Waals surface area contributed by atoms with Gasteiger partial charge >= 0.3 is 12.0 Å². The van der Waals surface area contributed by atoms with Crippen molar-refractivity contribution in [2.45, 2.75) is 19.9 Å². The van der Waals surface area contributed by atoms with Crippen LogP contribution in [0.3, 0.4) is 0 Å². The Morgan fingerprint density at radius 1 is 1.38 bits per heavy atom. The van der Waals surface area contributed by atoms with Crippen LogP contribution < -0.4 is 10.6 Å². The molecule has 0 radical (unpaired) electrons. The summed E-state index contributed by atoms with van der Waals surface area (Å²) in [5.41, 5.74) is 1.19. The normalized spacial score (nSPS) is 10.1. The van der Waals surface area contributed by atoms with Gasteiger partial charge in [-0.25, -0.2) is 9.78 Å². The topological polar surface area (TPSA) is 91.3 Å². The summed E-state index contributed by atoms with van der Waals surface area (Å²) in [6, 6.07) is 6.41. The Hall–Kier alpha value is -2.41. The molecule has 0 aliphatic heterocycles. The number of aliphatic carboxylic acids is 1. The fraction of sp³-hybridized carbons (Fsp3) is 0.214. The number of rotatable bonds is 5. The van der Waals surface area contributed by atoms with E-state index in [1.54, 1.807) is 30.5 Å². The number of thiazole rings is 1. The Bertz CT molecular complexity index is 654. The summed E-state index contributed by atoms with van der Waals surface area (Å²) in [6.45, 7) is 2.31. The van der Waals surface area contributed by atoms with Crippen molar-refractivity contribution in [2.24, 2.45) is 0 Å². The molecule has 7 heteroatoms. The number of aryl methyl sites for hydroxylation is 1. The van der Waals surface area contributed by atoms with E-state index in [2.05, 4.69) is 15.6 Å². The predicted octanol–water partition coefficient (Wildman–Crippen LogP) is 2.40. The fourth-order valence-electron chi connectivity index (χ4n) is 1.75. The first-order chi connectivity index (χ1) is 10.0. The second-order valence-corrected chi connectivity index (χ2v) is 5.76. The number of carbonyl (C=O) groups is 2. The highest BCUT2D eigenvalue weighted by molar-refractivity contribution is 7.11. The summed E-state index contributed by atoms with van der Waals surface area (Å²) in [4.78, 5) is 27.7. The first-order valence-electron chi connectivity index (χ1n) is 6.30. The average molecular weight is 305 g/mol. The number of carboxylic acids is 1. The number of benzene rings is 1. The van der Waals surface area contributed by atoms with Gasteiger partial charge in [-0.3, -0.25) is 4.79 Å². The van der Waals surface area contributed by atoms with Crippen LogP contribution in [0.5, 0.6) is 0 Å². The van der Waals surface area contributed by atoms with E-state index in [4.69, 9.17) is 5.11 Å². The molecule has 0 saturated heterocycles. The van der Waals surface area contributed by atoms with Gasteiger partial charge < -0.3 is 15.7 Å². The lowest BCUT2D eigenvalue weighted by atomic mass is 10.1. The highest BCUT2D eigenvalue weighted by atomic mass is 32.1. The van der Waals surface area contributed by atoms with E-state index in [9.17, 15) is 9.59 Å². The van der Waals surface area contributed by atoms with Crippen LogP contribution in [-0.2, 0) is 17.8 Å². The number of carbonyl (C=O) groups excluding carboxylic acids is 1. The van der Waals surface area contributed by atoms with Gasteiger partial charge in [0.1, 0.15) is 5.01 Å². The Morgan fingerprint density at radius 3 is 2.86 bits per heavy atom. The van der Waals surface area contributed by atoms with Gasteiger partial charge in [-0.1, -0.05) is 12.1 Å². The zero-order chi connectivity index (χ0) is 15.2. The number of nitrogens with zero attached hydrogens (tertiary/aromatic N) is 1. The predicted molar refractivity (Wildman–Crippen MR) is 80.5 cm³/mol. The molecular weight excluding hydrogens is 290 g/mol. The summed E-state index contributed by atoms with van der Waals surface area (Å²) in [5, 5.41) is 15.0. The Morgan fingerprint density at radius 2 is 2.19 bits per heavy atom. The van der Waals surface area contributed by atoms with Crippen LogP contribution in [0, 0.1) is 6.92 Å². The van der Waals surface area contributed by atoms with Gasteiger partial charge in [0.05, 0.1) is 13.0 Å².